The van der Waals surface area contributed by atoms with E-state index in [-0.39, 0.29) is 42.2 Å². The van der Waals surface area contributed by atoms with E-state index in [2.05, 4.69) is 6.08 Å². The summed E-state index contributed by atoms with van der Waals surface area (Å²) >= 11 is 0. The summed E-state index contributed by atoms with van der Waals surface area (Å²) in [6.45, 7) is 3.55. The number of aliphatic hydroxyl groups excluding tert-OH is 1. The van der Waals surface area contributed by atoms with Gasteiger partial charge in [-0.05, 0) is 73.7 Å². The maximum Gasteiger partial charge on any atom is 0.253 e. The molecule has 0 radical (unpaired) electrons. The van der Waals surface area contributed by atoms with Crippen molar-refractivity contribution in [1.82, 2.24) is 9.21 Å². The number of aliphatic hydroxyl groups is 1. The van der Waals surface area contributed by atoms with E-state index in [1.807, 2.05) is 13.0 Å². The molecule has 7 nitrogen and oxygen atoms in total. The summed E-state index contributed by atoms with van der Waals surface area (Å²) in [6, 6.07) is 9.89. The molecule has 194 valence electrons. The maximum atomic E-state index is 13.6. The monoisotopic (exact) mass is 516 g/mol. The van der Waals surface area contributed by atoms with Gasteiger partial charge in [-0.15, -0.1) is 0 Å². The molecule has 0 aromatic heterocycles. The fourth-order valence-corrected chi connectivity index (χ4v) is 6.57. The zero-order valence-corrected chi connectivity index (χ0v) is 21.7. The van der Waals surface area contributed by atoms with Gasteiger partial charge in [0.1, 0.15) is 22.6 Å². The average molecular weight is 517 g/mol. The molecular formula is C27H33FN2O5S. The number of hydrogen-bond acceptors (Lipinski definition) is 5. The number of allylic oxidation sites excluding steroid dienone is 2. The van der Waals surface area contributed by atoms with Crippen LogP contribution in [0.15, 0.2) is 53.4 Å². The molecule has 1 amide bonds. The molecule has 1 heterocycles. The SMILES string of the molecule is C[C@H](CO)N1C[C@H](C)[C@H](CN(C)C(=O)c2ccc(F)cc2)Oc2cc(C3=CCCC3)ccc2S1(=O)=O. The molecule has 0 bridgehead atoms. The van der Waals surface area contributed by atoms with Crippen LogP contribution in [0.4, 0.5) is 4.39 Å². The standard InChI is InChI=1S/C27H33FN2O5S/c1-18-15-30(19(2)17-31)36(33,34)26-13-10-22(20-6-4-5-7-20)14-24(26)35-25(18)16-29(3)27(32)21-8-11-23(28)12-9-21/h6,8-14,18-19,25,31H,4-5,7,15-17H2,1-3H3/t18-,19+,25-/m0/s1. The molecule has 4 rings (SSSR count). The third kappa shape index (κ3) is 5.33. The van der Waals surface area contributed by atoms with E-state index in [4.69, 9.17) is 4.74 Å². The highest BCUT2D eigenvalue weighted by molar-refractivity contribution is 7.89. The van der Waals surface area contributed by atoms with E-state index in [0.717, 1.165) is 30.4 Å². The molecule has 0 spiro atoms. The van der Waals surface area contributed by atoms with Gasteiger partial charge in [-0.25, -0.2) is 12.8 Å². The first-order valence-electron chi connectivity index (χ1n) is 12.3. The smallest absolute Gasteiger partial charge is 0.253 e. The van der Waals surface area contributed by atoms with Crippen molar-refractivity contribution in [3.8, 4) is 5.75 Å². The molecule has 9 heteroatoms. The van der Waals surface area contributed by atoms with Crippen LogP contribution in [0.1, 0.15) is 49.0 Å². The van der Waals surface area contributed by atoms with E-state index >= 15 is 0 Å². The molecule has 0 saturated carbocycles. The Balaban J connectivity index is 1.70. The zero-order chi connectivity index (χ0) is 26.0. The summed E-state index contributed by atoms with van der Waals surface area (Å²) in [5, 5.41) is 9.81. The minimum absolute atomic E-state index is 0.0505. The summed E-state index contributed by atoms with van der Waals surface area (Å²) < 4.78 is 48.3. The van der Waals surface area contributed by atoms with Crippen molar-refractivity contribution in [2.24, 2.45) is 5.92 Å². The van der Waals surface area contributed by atoms with Gasteiger partial charge in [-0.1, -0.05) is 19.1 Å². The van der Waals surface area contributed by atoms with Crippen LogP contribution in [0, 0.1) is 11.7 Å². The summed E-state index contributed by atoms with van der Waals surface area (Å²) in [5.74, 6) is -0.754. The second-order valence-electron chi connectivity index (χ2n) is 9.72. The van der Waals surface area contributed by atoms with Crippen molar-refractivity contribution < 1.29 is 27.4 Å². The van der Waals surface area contributed by atoms with E-state index in [9.17, 15) is 22.7 Å². The van der Waals surface area contributed by atoms with Gasteiger partial charge in [-0.2, -0.15) is 4.31 Å². The van der Waals surface area contributed by atoms with Crippen molar-refractivity contribution in [2.75, 3.05) is 26.7 Å². The van der Waals surface area contributed by atoms with E-state index < -0.39 is 28.0 Å². The molecule has 0 saturated heterocycles. The van der Waals surface area contributed by atoms with Gasteiger partial charge in [0.05, 0.1) is 13.2 Å². The Kier molecular flexibility index (Phi) is 7.82. The van der Waals surface area contributed by atoms with E-state index in [1.165, 1.54) is 33.5 Å². The quantitative estimate of drug-likeness (QED) is 0.629. The Morgan fingerprint density at radius 3 is 2.61 bits per heavy atom. The van der Waals surface area contributed by atoms with Gasteiger partial charge in [-0.3, -0.25) is 4.79 Å². The lowest BCUT2D eigenvalue weighted by molar-refractivity contribution is 0.0563. The number of nitrogens with zero attached hydrogens (tertiary/aromatic N) is 2. The van der Waals surface area contributed by atoms with Crippen LogP contribution in [-0.2, 0) is 10.0 Å². The summed E-state index contributed by atoms with van der Waals surface area (Å²) in [6.07, 6.45) is 4.62. The number of sulfonamides is 1. The van der Waals surface area contributed by atoms with Gasteiger partial charge < -0.3 is 14.7 Å². The highest BCUT2D eigenvalue weighted by atomic mass is 32.2. The van der Waals surface area contributed by atoms with Crippen molar-refractivity contribution in [2.45, 2.75) is 50.2 Å². The van der Waals surface area contributed by atoms with Crippen LogP contribution in [-0.4, -0.2) is 67.5 Å². The highest BCUT2D eigenvalue weighted by Gasteiger charge is 2.38. The topological polar surface area (TPSA) is 87.2 Å². The molecule has 0 unspecified atom stereocenters. The first kappa shape index (κ1) is 26.3. The molecular weight excluding hydrogens is 483 g/mol. The number of amides is 1. The average Bonchev–Trinajstić information content (AvgIpc) is 3.40. The molecule has 3 atom stereocenters. The minimum Gasteiger partial charge on any atom is -0.487 e. The first-order chi connectivity index (χ1) is 17.1. The lowest BCUT2D eigenvalue weighted by atomic mass is 10.0. The van der Waals surface area contributed by atoms with E-state index in [1.54, 1.807) is 26.1 Å². The Bertz CT molecular complexity index is 1250. The maximum absolute atomic E-state index is 13.6. The fraction of sp³-hybridized carbons (Fsp3) is 0.444. The molecule has 1 aliphatic carbocycles. The Morgan fingerprint density at radius 2 is 1.97 bits per heavy atom. The molecule has 2 aromatic rings. The number of ether oxygens (including phenoxy) is 1. The molecule has 1 N–H and O–H groups in total. The third-order valence-electron chi connectivity index (χ3n) is 6.97. The second kappa shape index (κ2) is 10.7. The van der Waals surface area contributed by atoms with Crippen molar-refractivity contribution in [1.29, 1.82) is 0 Å². The minimum atomic E-state index is -3.93. The van der Waals surface area contributed by atoms with Crippen molar-refractivity contribution in [3.63, 3.8) is 0 Å². The van der Waals surface area contributed by atoms with Crippen LogP contribution in [0.3, 0.4) is 0 Å². The zero-order valence-electron chi connectivity index (χ0n) is 20.9. The number of likely N-dealkylation sites (N-methyl/N-ethyl adjacent to an activating group) is 1. The third-order valence-corrected chi connectivity index (χ3v) is 8.99. The molecule has 36 heavy (non-hydrogen) atoms. The lowest BCUT2D eigenvalue weighted by Crippen LogP contribution is -2.50. The first-order valence-corrected chi connectivity index (χ1v) is 13.7. The second-order valence-corrected chi connectivity index (χ2v) is 11.6. The number of carbonyl (C=O) groups excluding carboxylic acids is 1. The normalized spacial score (nSPS) is 22.5. The van der Waals surface area contributed by atoms with Crippen LogP contribution >= 0.6 is 0 Å². The highest BCUT2D eigenvalue weighted by Crippen LogP contribution is 2.37. The molecule has 1 aliphatic heterocycles. The summed E-state index contributed by atoms with van der Waals surface area (Å²) in [4.78, 5) is 14.5. The number of hydrogen-bond donors (Lipinski definition) is 1. The van der Waals surface area contributed by atoms with Crippen LogP contribution in [0.25, 0.3) is 5.57 Å². The van der Waals surface area contributed by atoms with Crippen molar-refractivity contribution >= 4 is 21.5 Å². The number of rotatable bonds is 6. The predicted molar refractivity (Wildman–Crippen MR) is 136 cm³/mol. The van der Waals surface area contributed by atoms with Crippen molar-refractivity contribution in [3.05, 3.63) is 65.5 Å². The molecule has 2 aromatic carbocycles. The summed E-state index contributed by atoms with van der Waals surface area (Å²) in [5.41, 5.74) is 2.44. The van der Waals surface area contributed by atoms with Gasteiger partial charge in [0.2, 0.25) is 10.0 Å². The van der Waals surface area contributed by atoms with Crippen LogP contribution in [0.2, 0.25) is 0 Å². The number of carbonyl (C=O) groups is 1. The lowest BCUT2D eigenvalue weighted by Gasteiger charge is -2.37. The number of fused-ring (bicyclic) bond motifs is 1. The van der Waals surface area contributed by atoms with Crippen LogP contribution in [0.5, 0.6) is 5.75 Å². The van der Waals surface area contributed by atoms with Gasteiger partial charge in [0.25, 0.3) is 5.91 Å². The predicted octanol–water partition coefficient (Wildman–Crippen LogP) is 3.93. The number of halogens is 1. The molecule has 0 fully saturated rings. The Hall–Kier alpha value is -2.75. The molecule has 2 aliphatic rings. The van der Waals surface area contributed by atoms with Crippen LogP contribution < -0.4 is 4.74 Å². The Morgan fingerprint density at radius 1 is 1.25 bits per heavy atom. The Labute approximate surface area is 212 Å². The number of benzene rings is 2. The van der Waals surface area contributed by atoms with Gasteiger partial charge in [0.15, 0.2) is 0 Å². The summed E-state index contributed by atoms with van der Waals surface area (Å²) in [7, 11) is -2.28. The van der Waals surface area contributed by atoms with Gasteiger partial charge in [0, 0.05) is 31.1 Å². The fourth-order valence-electron chi connectivity index (χ4n) is 4.74. The largest absolute Gasteiger partial charge is 0.487 e. The van der Waals surface area contributed by atoms with E-state index in [0.29, 0.717) is 5.56 Å². The van der Waals surface area contributed by atoms with Gasteiger partial charge >= 0.3 is 0 Å².